The van der Waals surface area contributed by atoms with Crippen molar-refractivity contribution in [3.8, 4) is 11.5 Å². The van der Waals surface area contributed by atoms with Gasteiger partial charge in [-0.1, -0.05) is 6.92 Å². The first-order valence-corrected chi connectivity index (χ1v) is 7.88. The summed E-state index contributed by atoms with van der Waals surface area (Å²) >= 11 is 0. The fraction of sp³-hybridized carbons (Fsp3) is 0.647. The Kier molecular flexibility index (Phi) is 6.12. The van der Waals surface area contributed by atoms with Gasteiger partial charge in [-0.25, -0.2) is 4.39 Å². The van der Waals surface area contributed by atoms with Crippen LogP contribution in [-0.2, 0) is 4.74 Å². The molecule has 0 saturated carbocycles. The minimum atomic E-state index is -0.298. The first-order valence-electron chi connectivity index (χ1n) is 7.88. The van der Waals surface area contributed by atoms with Gasteiger partial charge >= 0.3 is 0 Å². The third-order valence-electron chi connectivity index (χ3n) is 4.44. The lowest BCUT2D eigenvalue weighted by Gasteiger charge is -2.41. The number of hydrogen-bond acceptors (Lipinski definition) is 4. The Hall–Kier alpha value is -1.04. The van der Waals surface area contributed by atoms with Crippen LogP contribution in [0.5, 0.6) is 11.5 Å². The molecule has 1 saturated heterocycles. The molecule has 2 heterocycles. The lowest BCUT2D eigenvalue weighted by atomic mass is 9.82. The van der Waals surface area contributed by atoms with E-state index >= 15 is 0 Å². The van der Waals surface area contributed by atoms with Crippen molar-refractivity contribution in [2.45, 2.75) is 25.9 Å². The molecule has 0 aliphatic carbocycles. The highest BCUT2D eigenvalue weighted by Gasteiger charge is 2.33. The van der Waals surface area contributed by atoms with Crippen molar-refractivity contribution in [1.82, 2.24) is 4.90 Å². The number of ether oxygens (including phenoxy) is 3. The molecule has 0 amide bonds. The maximum Gasteiger partial charge on any atom is 0.164 e. The summed E-state index contributed by atoms with van der Waals surface area (Å²) in [5.74, 6) is 0.835. The number of likely N-dealkylation sites (tertiary alicyclic amines) is 1. The van der Waals surface area contributed by atoms with Crippen LogP contribution in [0.25, 0.3) is 0 Å². The highest BCUT2D eigenvalue weighted by molar-refractivity contribution is 5.85. The zero-order chi connectivity index (χ0) is 15.6. The average molecular weight is 346 g/mol. The van der Waals surface area contributed by atoms with Gasteiger partial charge in [0.2, 0.25) is 0 Å². The quantitative estimate of drug-likeness (QED) is 0.839. The summed E-state index contributed by atoms with van der Waals surface area (Å²) in [4.78, 5) is 2.40. The maximum absolute atomic E-state index is 13.3. The summed E-state index contributed by atoms with van der Waals surface area (Å²) in [6.45, 7) is 6.42. The fourth-order valence-corrected chi connectivity index (χ4v) is 3.52. The number of piperidine rings is 1. The van der Waals surface area contributed by atoms with Crippen molar-refractivity contribution in [3.05, 3.63) is 24.0 Å². The van der Waals surface area contributed by atoms with Gasteiger partial charge in [0.1, 0.15) is 18.5 Å². The lowest BCUT2D eigenvalue weighted by Crippen LogP contribution is -2.49. The van der Waals surface area contributed by atoms with Crippen LogP contribution in [0.1, 0.15) is 19.8 Å². The van der Waals surface area contributed by atoms with E-state index in [4.69, 9.17) is 14.2 Å². The van der Waals surface area contributed by atoms with Crippen LogP contribution in [0.4, 0.5) is 4.39 Å². The minimum Gasteiger partial charge on any atom is -0.486 e. The molecule has 0 spiro atoms. The number of methoxy groups -OCH3 is 1. The van der Waals surface area contributed by atoms with Crippen molar-refractivity contribution in [3.63, 3.8) is 0 Å². The molecular weight excluding hydrogens is 321 g/mol. The van der Waals surface area contributed by atoms with E-state index in [1.54, 1.807) is 13.2 Å². The van der Waals surface area contributed by atoms with Gasteiger partial charge in [0.05, 0.1) is 6.61 Å². The third-order valence-corrected chi connectivity index (χ3v) is 4.44. The number of fused-ring (bicyclic) bond motifs is 1. The summed E-state index contributed by atoms with van der Waals surface area (Å²) < 4.78 is 30.3. The van der Waals surface area contributed by atoms with E-state index in [1.807, 2.05) is 0 Å². The van der Waals surface area contributed by atoms with Crippen LogP contribution in [0.3, 0.4) is 0 Å². The number of halogens is 2. The van der Waals surface area contributed by atoms with Crippen molar-refractivity contribution >= 4 is 12.4 Å². The highest BCUT2D eigenvalue weighted by Crippen LogP contribution is 2.34. The zero-order valence-corrected chi connectivity index (χ0v) is 14.5. The molecule has 4 nitrogen and oxygen atoms in total. The normalized spacial score (nSPS) is 27.3. The standard InChI is InChI=1S/C17H24FNO3.ClH/c1-17(12-20-2)6-3-7-19(11-17)9-14-10-21-15-5-4-13(18)8-16(15)22-14;/h4-5,8,14H,3,6-7,9-12H2,1-2H3;1H/t14-,17-;/m0./s1. The zero-order valence-electron chi connectivity index (χ0n) is 13.7. The minimum absolute atomic E-state index is 0. The van der Waals surface area contributed by atoms with Gasteiger partial charge in [0.25, 0.3) is 0 Å². The molecule has 0 N–H and O–H groups in total. The van der Waals surface area contributed by atoms with Gasteiger partial charge in [0.15, 0.2) is 11.5 Å². The number of rotatable bonds is 4. The molecule has 23 heavy (non-hydrogen) atoms. The van der Waals surface area contributed by atoms with Crippen molar-refractivity contribution in [2.75, 3.05) is 40.0 Å². The molecule has 2 aliphatic rings. The van der Waals surface area contributed by atoms with Crippen LogP contribution in [0, 0.1) is 11.2 Å². The van der Waals surface area contributed by atoms with Crippen molar-refractivity contribution in [2.24, 2.45) is 5.41 Å². The molecular formula is C17H25ClFNO3. The van der Waals surface area contributed by atoms with Crippen LogP contribution >= 0.6 is 12.4 Å². The molecule has 0 aromatic heterocycles. The Morgan fingerprint density at radius 2 is 2.22 bits per heavy atom. The summed E-state index contributed by atoms with van der Waals surface area (Å²) in [7, 11) is 1.76. The Labute approximate surface area is 143 Å². The van der Waals surface area contributed by atoms with E-state index in [9.17, 15) is 4.39 Å². The van der Waals surface area contributed by atoms with Crippen molar-refractivity contribution in [1.29, 1.82) is 0 Å². The molecule has 130 valence electrons. The summed E-state index contributed by atoms with van der Waals surface area (Å²) in [6.07, 6.45) is 2.30. The first kappa shape index (κ1) is 18.3. The Morgan fingerprint density at radius 3 is 3.00 bits per heavy atom. The molecule has 1 fully saturated rings. The fourth-order valence-electron chi connectivity index (χ4n) is 3.52. The largest absolute Gasteiger partial charge is 0.486 e. The van der Waals surface area contributed by atoms with E-state index in [2.05, 4.69) is 11.8 Å². The van der Waals surface area contributed by atoms with E-state index in [-0.39, 0.29) is 29.7 Å². The first-order chi connectivity index (χ1) is 10.6. The Morgan fingerprint density at radius 1 is 1.39 bits per heavy atom. The second-order valence-corrected chi connectivity index (χ2v) is 6.72. The van der Waals surface area contributed by atoms with Gasteiger partial charge in [-0.3, -0.25) is 4.90 Å². The van der Waals surface area contributed by atoms with Crippen LogP contribution in [0.2, 0.25) is 0 Å². The average Bonchev–Trinajstić information content (AvgIpc) is 2.47. The number of nitrogens with zero attached hydrogens (tertiary/aromatic N) is 1. The van der Waals surface area contributed by atoms with Gasteiger partial charge in [-0.05, 0) is 31.5 Å². The second-order valence-electron chi connectivity index (χ2n) is 6.72. The molecule has 0 unspecified atom stereocenters. The van der Waals surface area contributed by atoms with Crippen molar-refractivity contribution < 1.29 is 18.6 Å². The highest BCUT2D eigenvalue weighted by atomic mass is 35.5. The topological polar surface area (TPSA) is 30.9 Å². The molecule has 1 aromatic carbocycles. The molecule has 6 heteroatoms. The maximum atomic E-state index is 13.3. The molecule has 0 bridgehead atoms. The predicted molar refractivity (Wildman–Crippen MR) is 89.2 cm³/mol. The monoisotopic (exact) mass is 345 g/mol. The van der Waals surface area contributed by atoms with Gasteiger partial charge in [-0.15, -0.1) is 12.4 Å². The number of benzene rings is 1. The predicted octanol–water partition coefficient (Wildman–Crippen LogP) is 3.14. The second kappa shape index (κ2) is 7.69. The molecule has 2 atom stereocenters. The van der Waals surface area contributed by atoms with Gasteiger partial charge in [-0.2, -0.15) is 0 Å². The van der Waals surface area contributed by atoms with Crippen LogP contribution in [-0.4, -0.2) is 51.0 Å². The Balaban J connectivity index is 0.00000192. The lowest BCUT2D eigenvalue weighted by molar-refractivity contribution is -0.00240. The van der Waals surface area contributed by atoms with Crippen LogP contribution in [0.15, 0.2) is 18.2 Å². The summed E-state index contributed by atoms with van der Waals surface area (Å²) in [6, 6.07) is 4.41. The van der Waals surface area contributed by atoms with E-state index in [0.717, 1.165) is 26.2 Å². The summed E-state index contributed by atoms with van der Waals surface area (Å²) in [5.41, 5.74) is 0.201. The molecule has 3 rings (SSSR count). The SMILES string of the molecule is COC[C@@]1(C)CCCN(C[C@H]2COc3ccc(F)cc3O2)C1.Cl. The molecule has 2 aliphatic heterocycles. The summed E-state index contributed by atoms with van der Waals surface area (Å²) in [5, 5.41) is 0. The molecule has 0 radical (unpaired) electrons. The smallest absolute Gasteiger partial charge is 0.164 e. The van der Waals surface area contributed by atoms with Gasteiger partial charge < -0.3 is 14.2 Å². The molecule has 1 aromatic rings. The van der Waals surface area contributed by atoms with Gasteiger partial charge in [0, 0.05) is 31.7 Å². The van der Waals surface area contributed by atoms with E-state index in [0.29, 0.717) is 18.1 Å². The number of hydrogen-bond donors (Lipinski definition) is 0. The Bertz CT molecular complexity index is 527. The van der Waals surface area contributed by atoms with E-state index in [1.165, 1.54) is 25.0 Å². The van der Waals surface area contributed by atoms with Crippen LogP contribution < -0.4 is 9.47 Å². The third kappa shape index (κ3) is 4.49. The van der Waals surface area contributed by atoms with E-state index < -0.39 is 0 Å².